The monoisotopic (exact) mass is 947 g/mol. The molecule has 6 heterocycles. The number of benzene rings is 8. The number of pyridine rings is 3. The minimum absolute atomic E-state index is 0.785. The van der Waals surface area contributed by atoms with E-state index in [2.05, 4.69) is 195 Å². The summed E-state index contributed by atoms with van der Waals surface area (Å²) >= 11 is 0. The van der Waals surface area contributed by atoms with Crippen molar-refractivity contribution in [2.45, 2.75) is 54.4 Å². The molecule has 0 unspecified atom stereocenters. The number of allylic oxidation sites excluding steroid dienone is 2. The molecule has 0 N–H and O–H groups in total. The number of rotatable bonds is 5. The Morgan fingerprint density at radius 3 is 1.47 bits per heavy atom. The average molecular weight is 948 g/mol. The summed E-state index contributed by atoms with van der Waals surface area (Å²) in [5.74, 6) is 16.3. The number of aromatic nitrogens is 4. The molecule has 0 atom stereocenters. The third kappa shape index (κ3) is 6.22. The fourth-order valence-electron chi connectivity index (χ4n) is 13.2. The van der Waals surface area contributed by atoms with Crippen molar-refractivity contribution < 1.29 is 4.49 Å². The van der Waals surface area contributed by atoms with E-state index in [0.29, 0.717) is 0 Å². The van der Waals surface area contributed by atoms with Gasteiger partial charge in [0.2, 0.25) is 0 Å². The van der Waals surface area contributed by atoms with Gasteiger partial charge >= 0.3 is 6.42 Å². The van der Waals surface area contributed by atoms with E-state index < -0.39 is 6.42 Å². The van der Waals surface area contributed by atoms with Crippen molar-refractivity contribution in [2.24, 2.45) is 0 Å². The van der Waals surface area contributed by atoms with Crippen LogP contribution in [0.3, 0.4) is 0 Å². The van der Waals surface area contributed by atoms with Crippen molar-refractivity contribution in [1.82, 2.24) is 19.4 Å². The molecule has 0 fully saturated rings. The van der Waals surface area contributed by atoms with Crippen LogP contribution >= 0.6 is 0 Å². The molecule has 0 spiro atoms. The molecule has 0 radical (unpaired) electrons. The molecule has 14 rings (SSSR count). The largest absolute Gasteiger partial charge is 0.520 e. The number of nitrogens with zero attached hydrogens (tertiary/aromatic N) is 5. The number of hydrogen-bond donors (Lipinski definition) is 0. The van der Waals surface area contributed by atoms with E-state index in [1.54, 1.807) is 0 Å². The van der Waals surface area contributed by atoms with Crippen molar-refractivity contribution in [3.05, 3.63) is 226 Å². The first kappa shape index (κ1) is 43.7. The van der Waals surface area contributed by atoms with Gasteiger partial charge in [0.05, 0.1) is 28.3 Å². The van der Waals surface area contributed by atoms with Gasteiger partial charge in [-0.15, -0.1) is 11.8 Å². The maximum absolute atomic E-state index is 5.28. The molecule has 0 saturated carbocycles. The van der Waals surface area contributed by atoms with Crippen LogP contribution in [0.1, 0.15) is 73.3 Å². The van der Waals surface area contributed by atoms with Gasteiger partial charge < -0.3 is 8.96 Å². The summed E-state index contributed by atoms with van der Waals surface area (Å²) in [5.41, 5.74) is 17.0. The van der Waals surface area contributed by atoms with E-state index in [9.17, 15) is 0 Å². The van der Waals surface area contributed by atoms with E-state index in [4.69, 9.17) is 15.0 Å². The Morgan fingerprint density at radius 2 is 1.00 bits per heavy atom. The third-order valence-electron chi connectivity index (χ3n) is 16.5. The Labute approximate surface area is 430 Å². The molecular formula is C68H50BN5. The second-order valence-electron chi connectivity index (χ2n) is 20.2. The summed E-state index contributed by atoms with van der Waals surface area (Å²) in [5, 5.41) is 14.7. The summed E-state index contributed by atoms with van der Waals surface area (Å²) in [4.78, 5) is 15.0. The summed E-state index contributed by atoms with van der Waals surface area (Å²) in [6.45, 7) is 13.8. The molecule has 0 aliphatic carbocycles. The van der Waals surface area contributed by atoms with Gasteiger partial charge in [0, 0.05) is 47.3 Å². The third-order valence-corrected chi connectivity index (χ3v) is 16.5. The minimum atomic E-state index is -2.31. The summed E-state index contributed by atoms with van der Waals surface area (Å²) in [6.07, 6.45) is 3.07. The summed E-state index contributed by atoms with van der Waals surface area (Å²) in [6, 6.07) is 56.7. The standard InChI is InChI=1S/C68H50BN5/c1-7-54-41(3)67-66(53-39-60(58-19-9-11-37-70-58)72-61(40-53)59-20-10-12-38-71-59)68-42(4)55(8-2)44(6)74(68)69(73(67)43(54)5,35-33-45-21-23-51-27-25-47-15-13-17-49-29-31-56(45)64(51)62(47)49)36-34-46-22-24-52-28-26-48-16-14-18-50-30-32-57(46)65(52)63(48)50/h9-32,37-40H,7-8H2,1-6H3. The maximum Gasteiger partial charge on any atom is 0.520 e. The molecule has 8 aromatic carbocycles. The summed E-state index contributed by atoms with van der Waals surface area (Å²) < 4.78 is 5.13. The second-order valence-corrected chi connectivity index (χ2v) is 20.2. The lowest BCUT2D eigenvalue weighted by Gasteiger charge is -2.39. The number of hydrogen-bond acceptors (Lipinski definition) is 3. The predicted molar refractivity (Wildman–Crippen MR) is 309 cm³/mol. The van der Waals surface area contributed by atoms with Crippen LogP contribution < -0.4 is 0 Å². The van der Waals surface area contributed by atoms with Crippen molar-refractivity contribution in [1.29, 1.82) is 0 Å². The Kier molecular flexibility index (Phi) is 9.72. The topological polar surface area (TPSA) is 46.6 Å². The molecule has 2 aliphatic rings. The highest BCUT2D eigenvalue weighted by atomic mass is 15.2. The molecule has 0 bridgehead atoms. The van der Waals surface area contributed by atoms with Gasteiger partial charge in [-0.1, -0.05) is 123 Å². The molecule has 2 aliphatic heterocycles. The van der Waals surface area contributed by atoms with Gasteiger partial charge in [0.15, 0.2) is 5.70 Å². The fraction of sp³-hybridized carbons (Fsp3) is 0.118. The molecule has 0 amide bonds. The van der Waals surface area contributed by atoms with Crippen LogP contribution in [0.25, 0.3) is 93.0 Å². The van der Waals surface area contributed by atoms with Gasteiger partial charge in [-0.2, -0.15) is 11.6 Å². The highest BCUT2D eigenvalue weighted by Crippen LogP contribution is 2.48. The van der Waals surface area contributed by atoms with E-state index in [0.717, 1.165) is 80.0 Å². The van der Waals surface area contributed by atoms with Crippen LogP contribution in [0.2, 0.25) is 0 Å². The maximum atomic E-state index is 5.28. The van der Waals surface area contributed by atoms with Crippen molar-refractivity contribution in [3.63, 3.8) is 0 Å². The van der Waals surface area contributed by atoms with Crippen molar-refractivity contribution in [3.8, 4) is 46.3 Å². The van der Waals surface area contributed by atoms with Gasteiger partial charge in [0.25, 0.3) is 0 Å². The molecular weight excluding hydrogens is 898 g/mol. The Hall–Kier alpha value is -9.10. The van der Waals surface area contributed by atoms with Crippen LogP contribution in [0.5, 0.6) is 0 Å². The Balaban J connectivity index is 1.12. The van der Waals surface area contributed by atoms with Gasteiger partial charge in [-0.3, -0.25) is 9.97 Å². The van der Waals surface area contributed by atoms with Crippen molar-refractivity contribution >= 4 is 82.3 Å². The molecule has 74 heavy (non-hydrogen) atoms. The molecule has 350 valence electrons. The Bertz CT molecular complexity index is 4350. The van der Waals surface area contributed by atoms with Crippen LogP contribution in [0, 0.1) is 37.3 Å². The van der Waals surface area contributed by atoms with Crippen LogP contribution in [-0.4, -0.2) is 36.0 Å². The SMILES string of the molecule is CCC1=C(C)C2=C(c3cc(-c4ccccn4)nc(-c4ccccn4)c3)c3c(C)c(CC)c(C)n3[B-](C#Cc3ccc4ccc5cccc6ccc3c4c56)(C#Cc3ccc4ccc5cccc6ccc3c4c56)[N+]2=C1C. The molecule has 6 heteroatoms. The smallest absolute Gasteiger partial charge is 0.435 e. The zero-order chi connectivity index (χ0) is 50.0. The van der Waals surface area contributed by atoms with Crippen LogP contribution in [0.4, 0.5) is 0 Å². The quantitative estimate of drug-likeness (QED) is 0.0981. The minimum Gasteiger partial charge on any atom is -0.435 e. The van der Waals surface area contributed by atoms with E-state index >= 15 is 0 Å². The average Bonchev–Trinajstić information content (AvgIpc) is 3.87. The second kappa shape index (κ2) is 16.5. The van der Waals surface area contributed by atoms with E-state index in [-0.39, 0.29) is 0 Å². The van der Waals surface area contributed by atoms with Gasteiger partial charge in [-0.25, -0.2) is 4.98 Å². The Morgan fingerprint density at radius 1 is 0.514 bits per heavy atom. The lowest BCUT2D eigenvalue weighted by molar-refractivity contribution is -0.330. The number of fused-ring (bicyclic) bond motifs is 2. The summed E-state index contributed by atoms with van der Waals surface area (Å²) in [7, 11) is 0. The molecule has 5 nitrogen and oxygen atoms in total. The zero-order valence-corrected chi connectivity index (χ0v) is 42.4. The normalized spacial score (nSPS) is 14.2. The van der Waals surface area contributed by atoms with E-state index in [1.165, 1.54) is 87.5 Å². The molecule has 4 aromatic heterocycles. The first-order valence-electron chi connectivity index (χ1n) is 26.0. The zero-order valence-electron chi connectivity index (χ0n) is 42.4. The predicted octanol–water partition coefficient (Wildman–Crippen LogP) is 15.4. The van der Waals surface area contributed by atoms with Crippen LogP contribution in [-0.2, 0) is 6.42 Å². The highest BCUT2D eigenvalue weighted by Gasteiger charge is 2.52. The van der Waals surface area contributed by atoms with E-state index in [1.807, 2.05) is 48.8 Å². The fourth-order valence-corrected chi connectivity index (χ4v) is 13.2. The van der Waals surface area contributed by atoms with Gasteiger partial charge in [-0.05, 0) is 169 Å². The van der Waals surface area contributed by atoms with Crippen LogP contribution in [0.15, 0.2) is 187 Å². The first-order valence-corrected chi connectivity index (χ1v) is 26.0. The molecule has 0 saturated heterocycles. The van der Waals surface area contributed by atoms with Gasteiger partial charge in [0.1, 0.15) is 5.71 Å². The highest BCUT2D eigenvalue weighted by molar-refractivity contribution is 6.87. The first-order chi connectivity index (χ1) is 36.3. The lowest BCUT2D eigenvalue weighted by atomic mass is 9.44. The van der Waals surface area contributed by atoms with Crippen molar-refractivity contribution in [2.75, 3.05) is 0 Å². The lowest BCUT2D eigenvalue weighted by Crippen LogP contribution is -2.57. The molecule has 12 aromatic rings.